The van der Waals surface area contributed by atoms with E-state index in [0.29, 0.717) is 5.69 Å². The number of nitrogens with zero attached hydrogens (tertiary/aromatic N) is 1. The van der Waals surface area contributed by atoms with Crippen LogP contribution in [0, 0.1) is 0 Å². The lowest BCUT2D eigenvalue weighted by Gasteiger charge is -2.04. The maximum atomic E-state index is 11.9. The molecule has 0 bridgehead atoms. The molecule has 9 heteroatoms. The number of hydrogen-bond donors (Lipinski definition) is 2. The van der Waals surface area contributed by atoms with Crippen LogP contribution >= 0.6 is 22.7 Å². The molecule has 0 fully saturated rings. The van der Waals surface area contributed by atoms with Gasteiger partial charge in [-0.05, 0) is 11.4 Å². The summed E-state index contributed by atoms with van der Waals surface area (Å²) in [6, 6.07) is 1.28. The molecular formula is C9H8N2O4S3. The molecule has 2 N–H and O–H groups in total. The second-order valence-corrected chi connectivity index (χ2v) is 6.59. The van der Waals surface area contributed by atoms with Crippen LogP contribution in [0.5, 0.6) is 0 Å². The largest absolute Gasteiger partial charge is 0.477 e. The van der Waals surface area contributed by atoms with Gasteiger partial charge in [-0.2, -0.15) is 0 Å². The molecule has 0 unspecified atom stereocenters. The first kappa shape index (κ1) is 13.1. The number of thiazole rings is 1. The maximum absolute atomic E-state index is 11.9. The average molecular weight is 304 g/mol. The number of carboxylic acid groups (broad SMARTS) is 1. The number of carboxylic acids is 1. The standard InChI is InChI=1S/C9H8N2O4S3/c12-9(13)8-7(1-2-17-8)18(14,15)11-3-6-4-16-5-10-6/h1-2,4-5,11H,3H2,(H,12,13). The molecule has 0 radical (unpaired) electrons. The smallest absolute Gasteiger partial charge is 0.347 e. The van der Waals surface area contributed by atoms with Gasteiger partial charge in [-0.3, -0.25) is 0 Å². The maximum Gasteiger partial charge on any atom is 0.347 e. The first-order valence-corrected chi connectivity index (χ1v) is 7.99. The Bertz CT molecular complexity index is 645. The molecule has 96 valence electrons. The summed E-state index contributed by atoms with van der Waals surface area (Å²) in [5.41, 5.74) is 2.19. The Morgan fingerprint density at radius 2 is 2.28 bits per heavy atom. The molecule has 0 aliphatic heterocycles. The summed E-state index contributed by atoms with van der Waals surface area (Å²) in [7, 11) is -3.82. The van der Waals surface area contributed by atoms with E-state index in [0.717, 1.165) is 11.3 Å². The highest BCUT2D eigenvalue weighted by atomic mass is 32.2. The minimum atomic E-state index is -3.82. The third kappa shape index (κ3) is 2.75. The van der Waals surface area contributed by atoms with Gasteiger partial charge in [0.25, 0.3) is 0 Å². The van der Waals surface area contributed by atoms with Crippen LogP contribution in [-0.2, 0) is 16.6 Å². The summed E-state index contributed by atoms with van der Waals surface area (Å²) in [5, 5.41) is 12.0. The molecule has 18 heavy (non-hydrogen) atoms. The number of aromatic nitrogens is 1. The van der Waals surface area contributed by atoms with Crippen LogP contribution in [0.2, 0.25) is 0 Å². The molecule has 0 aliphatic carbocycles. The molecule has 0 atom stereocenters. The van der Waals surface area contributed by atoms with Crippen LogP contribution in [0.4, 0.5) is 0 Å². The second-order valence-electron chi connectivity index (χ2n) is 3.22. The number of carbonyl (C=O) groups is 1. The fourth-order valence-corrected chi connectivity index (χ4v) is 4.05. The Morgan fingerprint density at radius 3 is 2.89 bits per heavy atom. The summed E-state index contributed by atoms with van der Waals surface area (Å²) in [4.78, 5) is 14.4. The van der Waals surface area contributed by atoms with Crippen molar-refractivity contribution in [3.63, 3.8) is 0 Å². The SMILES string of the molecule is O=C(O)c1sccc1S(=O)(=O)NCc1cscn1. The van der Waals surface area contributed by atoms with Crippen molar-refractivity contribution in [2.24, 2.45) is 0 Å². The van der Waals surface area contributed by atoms with E-state index in [1.165, 1.54) is 22.8 Å². The molecule has 2 aromatic heterocycles. The zero-order valence-corrected chi connectivity index (χ0v) is 11.3. The lowest BCUT2D eigenvalue weighted by molar-refractivity contribution is 0.0698. The van der Waals surface area contributed by atoms with Gasteiger partial charge >= 0.3 is 5.97 Å². The van der Waals surface area contributed by atoms with Gasteiger partial charge in [0.1, 0.15) is 9.77 Å². The Balaban J connectivity index is 2.20. The third-order valence-electron chi connectivity index (χ3n) is 2.04. The summed E-state index contributed by atoms with van der Waals surface area (Å²) < 4.78 is 26.2. The first-order chi connectivity index (χ1) is 8.50. The summed E-state index contributed by atoms with van der Waals surface area (Å²) in [6.45, 7) is 0.0424. The van der Waals surface area contributed by atoms with Crippen molar-refractivity contribution in [1.82, 2.24) is 9.71 Å². The fraction of sp³-hybridized carbons (Fsp3) is 0.111. The molecule has 0 amide bonds. The highest BCUT2D eigenvalue weighted by molar-refractivity contribution is 7.89. The van der Waals surface area contributed by atoms with Gasteiger partial charge in [0.05, 0.1) is 17.7 Å². The van der Waals surface area contributed by atoms with Gasteiger partial charge in [0, 0.05) is 5.38 Å². The van der Waals surface area contributed by atoms with Gasteiger partial charge in [-0.15, -0.1) is 22.7 Å². The summed E-state index contributed by atoms with van der Waals surface area (Å²) in [6.07, 6.45) is 0. The van der Waals surface area contributed by atoms with Crippen molar-refractivity contribution in [3.05, 3.63) is 32.9 Å². The van der Waals surface area contributed by atoms with Crippen LogP contribution in [0.1, 0.15) is 15.4 Å². The molecule has 2 rings (SSSR count). The Kier molecular flexibility index (Phi) is 3.76. The topological polar surface area (TPSA) is 96.4 Å². The molecule has 0 saturated carbocycles. The van der Waals surface area contributed by atoms with Crippen molar-refractivity contribution in [2.75, 3.05) is 0 Å². The monoisotopic (exact) mass is 304 g/mol. The molecule has 0 aliphatic rings. The van der Waals surface area contributed by atoms with Crippen molar-refractivity contribution in [3.8, 4) is 0 Å². The lowest BCUT2D eigenvalue weighted by Crippen LogP contribution is -2.24. The number of rotatable bonds is 5. The Morgan fingerprint density at radius 1 is 1.50 bits per heavy atom. The van der Waals surface area contributed by atoms with E-state index >= 15 is 0 Å². The van der Waals surface area contributed by atoms with Gasteiger partial charge in [-0.25, -0.2) is 22.9 Å². The number of thiophene rings is 1. The van der Waals surface area contributed by atoms with Crippen molar-refractivity contribution in [2.45, 2.75) is 11.4 Å². The molecule has 2 heterocycles. The minimum Gasteiger partial charge on any atom is -0.477 e. The molecule has 0 spiro atoms. The molecule has 0 saturated heterocycles. The number of aromatic carboxylic acids is 1. The highest BCUT2D eigenvalue weighted by Gasteiger charge is 2.23. The predicted octanol–water partition coefficient (Wildman–Crippen LogP) is 1.38. The predicted molar refractivity (Wildman–Crippen MR) is 67.4 cm³/mol. The Labute approximate surface area is 111 Å². The van der Waals surface area contributed by atoms with E-state index in [4.69, 9.17) is 5.11 Å². The van der Waals surface area contributed by atoms with Crippen molar-refractivity contribution < 1.29 is 18.3 Å². The second kappa shape index (κ2) is 5.14. The number of nitrogens with one attached hydrogen (secondary N) is 1. The van der Waals surface area contributed by atoms with E-state index in [2.05, 4.69) is 9.71 Å². The van der Waals surface area contributed by atoms with E-state index < -0.39 is 16.0 Å². The van der Waals surface area contributed by atoms with Crippen LogP contribution in [0.3, 0.4) is 0 Å². The fourth-order valence-electron chi connectivity index (χ4n) is 1.24. The van der Waals surface area contributed by atoms with Crippen molar-refractivity contribution in [1.29, 1.82) is 0 Å². The quantitative estimate of drug-likeness (QED) is 0.870. The molecular weight excluding hydrogens is 296 g/mol. The first-order valence-electron chi connectivity index (χ1n) is 4.68. The van der Waals surface area contributed by atoms with E-state index in [1.807, 2.05) is 0 Å². The summed E-state index contributed by atoms with van der Waals surface area (Å²) >= 11 is 2.23. The zero-order valence-electron chi connectivity index (χ0n) is 8.86. The van der Waals surface area contributed by atoms with E-state index in [1.54, 1.807) is 10.9 Å². The summed E-state index contributed by atoms with van der Waals surface area (Å²) in [5.74, 6) is -1.25. The third-order valence-corrected chi connectivity index (χ3v) is 5.15. The van der Waals surface area contributed by atoms with Crippen LogP contribution in [0.25, 0.3) is 0 Å². The van der Waals surface area contributed by atoms with Gasteiger partial charge < -0.3 is 5.11 Å². The zero-order chi connectivity index (χ0) is 13.2. The van der Waals surface area contributed by atoms with Crippen LogP contribution in [0.15, 0.2) is 27.2 Å². The van der Waals surface area contributed by atoms with Crippen LogP contribution < -0.4 is 4.72 Å². The molecule has 6 nitrogen and oxygen atoms in total. The minimum absolute atomic E-state index is 0.0424. The van der Waals surface area contributed by atoms with Gasteiger partial charge in [0.15, 0.2) is 0 Å². The average Bonchev–Trinajstić information content (AvgIpc) is 2.98. The molecule has 2 aromatic rings. The highest BCUT2D eigenvalue weighted by Crippen LogP contribution is 2.21. The lowest BCUT2D eigenvalue weighted by atomic mass is 10.5. The van der Waals surface area contributed by atoms with E-state index in [9.17, 15) is 13.2 Å². The number of hydrogen-bond acceptors (Lipinski definition) is 6. The van der Waals surface area contributed by atoms with Crippen LogP contribution in [-0.4, -0.2) is 24.5 Å². The Hall–Kier alpha value is -1.29. The molecule has 0 aromatic carbocycles. The van der Waals surface area contributed by atoms with Crippen molar-refractivity contribution >= 4 is 38.7 Å². The number of sulfonamides is 1. The van der Waals surface area contributed by atoms with E-state index in [-0.39, 0.29) is 16.3 Å². The van der Waals surface area contributed by atoms with Gasteiger partial charge in [-0.1, -0.05) is 0 Å². The normalized spacial score (nSPS) is 11.6. The van der Waals surface area contributed by atoms with Gasteiger partial charge in [0.2, 0.25) is 10.0 Å².